The fourth-order valence-corrected chi connectivity index (χ4v) is 2.13. The molecule has 0 spiro atoms. The maximum absolute atomic E-state index is 11.9. The second-order valence-corrected chi connectivity index (χ2v) is 6.08. The quantitative estimate of drug-likeness (QED) is 0.614. The van der Waals surface area contributed by atoms with Crippen LogP contribution in [0.1, 0.15) is 23.0 Å². The van der Waals surface area contributed by atoms with Crippen LogP contribution >= 0.6 is 34.8 Å². The van der Waals surface area contributed by atoms with Crippen molar-refractivity contribution in [1.29, 1.82) is 0 Å². The Hall–Kier alpha value is -1.03. The molecule has 2 aromatic rings. The van der Waals surface area contributed by atoms with Crippen LogP contribution in [0.25, 0.3) is 10.9 Å². The molecule has 100 valence electrons. The van der Waals surface area contributed by atoms with Crippen molar-refractivity contribution < 1.29 is 9.53 Å². The summed E-state index contributed by atoms with van der Waals surface area (Å²) in [4.78, 5) is 16.2. The zero-order valence-electron chi connectivity index (χ0n) is 9.99. The molecule has 2 rings (SSSR count). The number of rotatable bonds is 2. The Labute approximate surface area is 125 Å². The molecule has 0 aliphatic heterocycles. The van der Waals surface area contributed by atoms with Crippen LogP contribution in [0.3, 0.4) is 0 Å². The number of carbonyl (C=O) groups excluding carboxylic acids is 1. The topological polar surface area (TPSA) is 39.2 Å². The molecule has 1 aromatic carbocycles. The van der Waals surface area contributed by atoms with E-state index in [2.05, 4.69) is 4.98 Å². The summed E-state index contributed by atoms with van der Waals surface area (Å²) < 4.78 is 3.17. The summed E-state index contributed by atoms with van der Waals surface area (Å²) in [6, 6.07) is 8.89. The van der Waals surface area contributed by atoms with Gasteiger partial charge in [-0.3, -0.25) is 0 Å². The Balaban J connectivity index is 2.67. The summed E-state index contributed by atoms with van der Waals surface area (Å²) in [5.41, 5.74) is 0.895. The third-order valence-corrected chi connectivity index (χ3v) is 3.02. The SMILES string of the molecule is CCOC(=O)c1cc2ccccc2nc1C(Cl)(Cl)Cl. The van der Waals surface area contributed by atoms with Crippen LogP contribution in [0.5, 0.6) is 0 Å². The number of carbonyl (C=O) groups is 1. The van der Waals surface area contributed by atoms with Crippen LogP contribution < -0.4 is 0 Å². The zero-order valence-corrected chi connectivity index (χ0v) is 12.3. The summed E-state index contributed by atoms with van der Waals surface area (Å²) in [5.74, 6) is -0.554. The second-order valence-electron chi connectivity index (χ2n) is 3.80. The maximum atomic E-state index is 11.9. The first-order chi connectivity index (χ1) is 8.93. The van der Waals surface area contributed by atoms with Gasteiger partial charge in [0.1, 0.15) is 5.69 Å². The number of alkyl halides is 3. The number of para-hydroxylation sites is 1. The molecule has 0 N–H and O–H groups in total. The van der Waals surface area contributed by atoms with Gasteiger partial charge in [0.25, 0.3) is 0 Å². The summed E-state index contributed by atoms with van der Waals surface area (Å²) in [6.07, 6.45) is 0. The fourth-order valence-electron chi connectivity index (χ4n) is 1.70. The highest BCUT2D eigenvalue weighted by molar-refractivity contribution is 6.66. The number of fused-ring (bicyclic) bond motifs is 1. The lowest BCUT2D eigenvalue weighted by atomic mass is 10.1. The van der Waals surface area contributed by atoms with Gasteiger partial charge in [-0.1, -0.05) is 53.0 Å². The zero-order chi connectivity index (χ0) is 14.0. The third-order valence-electron chi connectivity index (χ3n) is 2.49. The van der Waals surface area contributed by atoms with Gasteiger partial charge in [-0.2, -0.15) is 0 Å². The number of benzene rings is 1. The minimum absolute atomic E-state index is 0.0784. The molecule has 0 atom stereocenters. The molecule has 0 radical (unpaired) electrons. The number of hydrogen-bond acceptors (Lipinski definition) is 3. The second kappa shape index (κ2) is 5.53. The van der Waals surface area contributed by atoms with Crippen molar-refractivity contribution in [2.45, 2.75) is 10.7 Å². The Morgan fingerprint density at radius 3 is 2.63 bits per heavy atom. The molecule has 0 aliphatic rings. The predicted octanol–water partition coefficient (Wildman–Crippen LogP) is 4.24. The molecule has 19 heavy (non-hydrogen) atoms. The molecule has 1 aromatic heterocycles. The highest BCUT2D eigenvalue weighted by Gasteiger charge is 2.31. The molecular formula is C13H10Cl3NO2. The van der Waals surface area contributed by atoms with Crippen LogP contribution in [-0.2, 0) is 8.53 Å². The number of aromatic nitrogens is 1. The van der Waals surface area contributed by atoms with Crippen molar-refractivity contribution >= 4 is 51.7 Å². The average molecular weight is 319 g/mol. The molecule has 0 saturated carbocycles. The van der Waals surface area contributed by atoms with E-state index >= 15 is 0 Å². The van der Waals surface area contributed by atoms with Crippen molar-refractivity contribution in [3.05, 3.63) is 41.6 Å². The summed E-state index contributed by atoms with van der Waals surface area (Å²) in [6.45, 7) is 1.95. The van der Waals surface area contributed by atoms with E-state index in [1.165, 1.54) is 0 Å². The smallest absolute Gasteiger partial charge is 0.340 e. The van der Waals surface area contributed by atoms with Crippen molar-refractivity contribution in [2.75, 3.05) is 6.61 Å². The number of esters is 1. The molecule has 6 heteroatoms. The number of hydrogen-bond donors (Lipinski definition) is 0. The van der Waals surface area contributed by atoms with Crippen LogP contribution in [0.2, 0.25) is 0 Å². The Bertz CT molecular complexity index is 623. The van der Waals surface area contributed by atoms with E-state index in [9.17, 15) is 4.79 Å². The third kappa shape index (κ3) is 3.11. The highest BCUT2D eigenvalue weighted by atomic mass is 35.6. The minimum Gasteiger partial charge on any atom is -0.462 e. The first kappa shape index (κ1) is 14.4. The van der Waals surface area contributed by atoms with Gasteiger partial charge in [-0.25, -0.2) is 9.78 Å². The van der Waals surface area contributed by atoms with Crippen LogP contribution in [0.4, 0.5) is 0 Å². The molecule has 0 saturated heterocycles. The van der Waals surface area contributed by atoms with Gasteiger partial charge in [-0.05, 0) is 19.1 Å². The number of halogens is 3. The minimum atomic E-state index is -1.79. The average Bonchev–Trinajstić information content (AvgIpc) is 2.36. The lowest BCUT2D eigenvalue weighted by molar-refractivity contribution is 0.0524. The van der Waals surface area contributed by atoms with Gasteiger partial charge in [0, 0.05) is 5.39 Å². The predicted molar refractivity (Wildman–Crippen MR) is 76.9 cm³/mol. The van der Waals surface area contributed by atoms with E-state index in [0.717, 1.165) is 5.39 Å². The van der Waals surface area contributed by atoms with E-state index in [-0.39, 0.29) is 17.9 Å². The van der Waals surface area contributed by atoms with Crippen LogP contribution in [0, 0.1) is 0 Å². The van der Waals surface area contributed by atoms with Gasteiger partial charge >= 0.3 is 5.97 Å². The van der Waals surface area contributed by atoms with E-state index in [1.807, 2.05) is 18.2 Å². The van der Waals surface area contributed by atoms with Crippen LogP contribution in [0.15, 0.2) is 30.3 Å². The Kier molecular flexibility index (Phi) is 4.19. The molecule has 0 bridgehead atoms. The molecular weight excluding hydrogens is 309 g/mol. The van der Waals surface area contributed by atoms with E-state index in [0.29, 0.717) is 5.52 Å². The Morgan fingerprint density at radius 2 is 2.00 bits per heavy atom. The molecule has 0 fully saturated rings. The Morgan fingerprint density at radius 1 is 1.32 bits per heavy atom. The largest absolute Gasteiger partial charge is 0.462 e. The number of nitrogens with zero attached hydrogens (tertiary/aromatic N) is 1. The summed E-state index contributed by atoms with van der Waals surface area (Å²) in [5, 5.41) is 0.781. The highest BCUT2D eigenvalue weighted by Crippen LogP contribution is 2.39. The fraction of sp³-hybridized carbons (Fsp3) is 0.231. The summed E-state index contributed by atoms with van der Waals surface area (Å²) >= 11 is 17.6. The number of ether oxygens (including phenoxy) is 1. The number of pyridine rings is 1. The molecule has 0 unspecified atom stereocenters. The lowest BCUT2D eigenvalue weighted by Crippen LogP contribution is -2.15. The van der Waals surface area contributed by atoms with Gasteiger partial charge in [0.2, 0.25) is 3.79 Å². The first-order valence-corrected chi connectivity index (χ1v) is 6.71. The molecule has 0 aliphatic carbocycles. The van der Waals surface area contributed by atoms with E-state index in [4.69, 9.17) is 39.5 Å². The molecule has 1 heterocycles. The molecule has 3 nitrogen and oxygen atoms in total. The van der Waals surface area contributed by atoms with E-state index in [1.54, 1.807) is 19.1 Å². The van der Waals surface area contributed by atoms with E-state index < -0.39 is 9.76 Å². The van der Waals surface area contributed by atoms with Crippen molar-refractivity contribution in [2.24, 2.45) is 0 Å². The van der Waals surface area contributed by atoms with Gasteiger partial charge in [0.05, 0.1) is 17.7 Å². The van der Waals surface area contributed by atoms with Crippen molar-refractivity contribution in [3.63, 3.8) is 0 Å². The standard InChI is InChI=1S/C13H10Cl3NO2/c1-2-19-12(18)9-7-8-5-3-4-6-10(8)17-11(9)13(14,15)16/h3-7H,2H2,1H3. The van der Waals surface area contributed by atoms with Crippen molar-refractivity contribution in [1.82, 2.24) is 4.98 Å². The van der Waals surface area contributed by atoms with Crippen molar-refractivity contribution in [3.8, 4) is 0 Å². The van der Waals surface area contributed by atoms with Gasteiger partial charge in [0.15, 0.2) is 0 Å². The molecule has 0 amide bonds. The lowest BCUT2D eigenvalue weighted by Gasteiger charge is -2.15. The van der Waals surface area contributed by atoms with Gasteiger partial charge in [-0.15, -0.1) is 0 Å². The monoisotopic (exact) mass is 317 g/mol. The van der Waals surface area contributed by atoms with Crippen LogP contribution in [-0.4, -0.2) is 17.6 Å². The maximum Gasteiger partial charge on any atom is 0.340 e. The summed E-state index contributed by atoms with van der Waals surface area (Å²) in [7, 11) is 0. The first-order valence-electron chi connectivity index (χ1n) is 5.57. The normalized spacial score (nSPS) is 11.6. The van der Waals surface area contributed by atoms with Gasteiger partial charge < -0.3 is 4.74 Å².